The van der Waals surface area contributed by atoms with E-state index in [0.717, 1.165) is 37.1 Å². The van der Waals surface area contributed by atoms with Gasteiger partial charge in [0.05, 0.1) is 6.54 Å². The highest BCUT2D eigenvalue weighted by molar-refractivity contribution is 6.07. The molecule has 6 heteroatoms. The third-order valence-corrected chi connectivity index (χ3v) is 4.12. The van der Waals surface area contributed by atoms with E-state index in [-0.39, 0.29) is 11.9 Å². The van der Waals surface area contributed by atoms with Crippen LogP contribution in [0.5, 0.6) is 0 Å². The average molecular weight is 274 g/mol. The Labute approximate surface area is 117 Å². The van der Waals surface area contributed by atoms with Gasteiger partial charge in [-0.2, -0.15) is 0 Å². The van der Waals surface area contributed by atoms with Crippen molar-refractivity contribution in [2.24, 2.45) is 0 Å². The molecule has 1 aromatic rings. The molecule has 2 fully saturated rings. The quantitative estimate of drug-likeness (QED) is 0.819. The van der Waals surface area contributed by atoms with Gasteiger partial charge in [-0.1, -0.05) is 12.8 Å². The van der Waals surface area contributed by atoms with Crippen molar-refractivity contribution in [1.82, 2.24) is 15.2 Å². The SMILES string of the molecule is CNc1cc(CN2C(=O)NC3(CCCC3)C2=O)ccn1. The van der Waals surface area contributed by atoms with Crippen molar-refractivity contribution in [3.8, 4) is 0 Å². The number of hydrogen-bond donors (Lipinski definition) is 2. The van der Waals surface area contributed by atoms with Gasteiger partial charge in [-0.25, -0.2) is 9.78 Å². The van der Waals surface area contributed by atoms with Crippen molar-refractivity contribution < 1.29 is 9.59 Å². The van der Waals surface area contributed by atoms with Gasteiger partial charge in [-0.15, -0.1) is 0 Å². The van der Waals surface area contributed by atoms with Crippen LogP contribution in [0, 0.1) is 0 Å². The first-order chi connectivity index (χ1) is 9.64. The highest BCUT2D eigenvalue weighted by Crippen LogP contribution is 2.35. The molecule has 2 N–H and O–H groups in total. The van der Waals surface area contributed by atoms with Crippen molar-refractivity contribution in [3.05, 3.63) is 23.9 Å². The predicted molar refractivity (Wildman–Crippen MR) is 74.1 cm³/mol. The Hall–Kier alpha value is -2.11. The third-order valence-electron chi connectivity index (χ3n) is 4.12. The molecule has 0 radical (unpaired) electrons. The second-order valence-corrected chi connectivity index (χ2v) is 5.41. The van der Waals surface area contributed by atoms with Crippen LogP contribution in [0.4, 0.5) is 10.6 Å². The number of pyridine rings is 1. The molecule has 0 aromatic carbocycles. The Balaban J connectivity index is 1.80. The summed E-state index contributed by atoms with van der Waals surface area (Å²) < 4.78 is 0. The summed E-state index contributed by atoms with van der Waals surface area (Å²) in [6.07, 6.45) is 5.18. The molecule has 1 aliphatic heterocycles. The highest BCUT2D eigenvalue weighted by Gasteiger charge is 2.52. The Morgan fingerprint density at radius 3 is 2.85 bits per heavy atom. The van der Waals surface area contributed by atoms with Crippen LogP contribution >= 0.6 is 0 Å². The van der Waals surface area contributed by atoms with Crippen molar-refractivity contribution in [1.29, 1.82) is 0 Å². The Bertz CT molecular complexity index is 552. The van der Waals surface area contributed by atoms with E-state index in [1.165, 1.54) is 4.90 Å². The monoisotopic (exact) mass is 274 g/mol. The molecule has 2 aliphatic rings. The molecule has 0 atom stereocenters. The summed E-state index contributed by atoms with van der Waals surface area (Å²) in [7, 11) is 1.79. The first-order valence-corrected chi connectivity index (χ1v) is 6.91. The maximum atomic E-state index is 12.5. The first-order valence-electron chi connectivity index (χ1n) is 6.91. The van der Waals surface area contributed by atoms with Crippen LogP contribution in [0.2, 0.25) is 0 Å². The van der Waals surface area contributed by atoms with Crippen molar-refractivity contribution in [3.63, 3.8) is 0 Å². The number of urea groups is 1. The number of aromatic nitrogens is 1. The van der Waals surface area contributed by atoms with Gasteiger partial charge in [-0.3, -0.25) is 9.69 Å². The van der Waals surface area contributed by atoms with Crippen molar-refractivity contribution in [2.75, 3.05) is 12.4 Å². The van der Waals surface area contributed by atoms with E-state index in [9.17, 15) is 9.59 Å². The predicted octanol–water partition coefficient (Wildman–Crippen LogP) is 1.49. The number of carbonyl (C=O) groups is 2. The molecule has 0 bridgehead atoms. The third kappa shape index (κ3) is 2.01. The van der Waals surface area contributed by atoms with E-state index in [1.54, 1.807) is 13.2 Å². The fourth-order valence-electron chi connectivity index (χ4n) is 3.03. The topological polar surface area (TPSA) is 74.3 Å². The van der Waals surface area contributed by atoms with E-state index >= 15 is 0 Å². The van der Waals surface area contributed by atoms with E-state index in [0.29, 0.717) is 6.54 Å². The van der Waals surface area contributed by atoms with Crippen LogP contribution in [0.3, 0.4) is 0 Å². The van der Waals surface area contributed by atoms with Gasteiger partial charge in [0.1, 0.15) is 11.4 Å². The molecule has 1 saturated carbocycles. The molecule has 1 spiro atoms. The van der Waals surface area contributed by atoms with E-state index in [1.807, 2.05) is 12.1 Å². The van der Waals surface area contributed by atoms with Gasteiger partial charge >= 0.3 is 6.03 Å². The zero-order valence-corrected chi connectivity index (χ0v) is 11.5. The molecule has 3 rings (SSSR count). The minimum atomic E-state index is -0.629. The normalized spacial score (nSPS) is 20.6. The van der Waals surface area contributed by atoms with Gasteiger partial charge in [0.25, 0.3) is 5.91 Å². The molecule has 20 heavy (non-hydrogen) atoms. The number of hydrogen-bond acceptors (Lipinski definition) is 4. The Morgan fingerprint density at radius 1 is 1.40 bits per heavy atom. The molecule has 0 unspecified atom stereocenters. The number of anilines is 1. The fraction of sp³-hybridized carbons (Fsp3) is 0.500. The summed E-state index contributed by atoms with van der Waals surface area (Å²) in [6, 6.07) is 3.39. The van der Waals surface area contributed by atoms with Gasteiger partial charge < -0.3 is 10.6 Å². The highest BCUT2D eigenvalue weighted by atomic mass is 16.2. The summed E-state index contributed by atoms with van der Waals surface area (Å²) in [6.45, 7) is 0.295. The average Bonchev–Trinajstić information content (AvgIpc) is 3.01. The van der Waals surface area contributed by atoms with Crippen molar-refractivity contribution >= 4 is 17.8 Å². The lowest BCUT2D eigenvalue weighted by atomic mass is 9.98. The van der Waals surface area contributed by atoms with E-state index in [4.69, 9.17) is 0 Å². The number of rotatable bonds is 3. The van der Waals surface area contributed by atoms with Gasteiger partial charge in [-0.05, 0) is 30.5 Å². The number of nitrogens with zero attached hydrogens (tertiary/aromatic N) is 2. The van der Waals surface area contributed by atoms with Crippen LogP contribution in [0.15, 0.2) is 18.3 Å². The Kier molecular flexibility index (Phi) is 3.08. The number of amides is 3. The van der Waals surface area contributed by atoms with E-state index < -0.39 is 5.54 Å². The zero-order chi connectivity index (χ0) is 14.2. The summed E-state index contributed by atoms with van der Waals surface area (Å²) in [5.74, 6) is 0.646. The van der Waals surface area contributed by atoms with Crippen LogP contribution in [-0.4, -0.2) is 34.4 Å². The number of imide groups is 1. The molecule has 1 saturated heterocycles. The molecular weight excluding hydrogens is 256 g/mol. The molecule has 6 nitrogen and oxygen atoms in total. The summed E-state index contributed by atoms with van der Waals surface area (Å²) in [5, 5.41) is 5.83. The molecular formula is C14H18N4O2. The maximum Gasteiger partial charge on any atom is 0.325 e. The summed E-state index contributed by atoms with van der Waals surface area (Å²) >= 11 is 0. The lowest BCUT2D eigenvalue weighted by molar-refractivity contribution is -0.131. The van der Waals surface area contributed by atoms with E-state index in [2.05, 4.69) is 15.6 Å². The lowest BCUT2D eigenvalue weighted by Crippen LogP contribution is -2.44. The second kappa shape index (κ2) is 4.77. The molecule has 1 aromatic heterocycles. The van der Waals surface area contributed by atoms with Crippen LogP contribution in [0.25, 0.3) is 0 Å². The molecule has 3 amide bonds. The number of nitrogens with one attached hydrogen (secondary N) is 2. The van der Waals surface area contributed by atoms with Crippen LogP contribution < -0.4 is 10.6 Å². The van der Waals surface area contributed by atoms with Gasteiger partial charge in [0.2, 0.25) is 0 Å². The summed E-state index contributed by atoms with van der Waals surface area (Å²) in [4.78, 5) is 30.0. The molecule has 2 heterocycles. The summed E-state index contributed by atoms with van der Waals surface area (Å²) in [5.41, 5.74) is 0.263. The Morgan fingerprint density at radius 2 is 2.15 bits per heavy atom. The smallest absolute Gasteiger partial charge is 0.325 e. The minimum Gasteiger partial charge on any atom is -0.373 e. The second-order valence-electron chi connectivity index (χ2n) is 5.41. The van der Waals surface area contributed by atoms with Gasteiger partial charge in [0.15, 0.2) is 0 Å². The largest absolute Gasteiger partial charge is 0.373 e. The fourth-order valence-corrected chi connectivity index (χ4v) is 3.03. The standard InChI is InChI=1S/C14H18N4O2/c1-15-11-8-10(4-7-16-11)9-18-12(19)14(17-13(18)20)5-2-3-6-14/h4,7-8H,2-3,5-6,9H2,1H3,(H,15,16)(H,17,20). The molecule has 1 aliphatic carbocycles. The first kappa shape index (κ1) is 12.9. The van der Waals surface area contributed by atoms with Crippen LogP contribution in [0.1, 0.15) is 31.2 Å². The minimum absolute atomic E-state index is 0.0807. The van der Waals surface area contributed by atoms with Crippen molar-refractivity contribution in [2.45, 2.75) is 37.8 Å². The van der Waals surface area contributed by atoms with Crippen LogP contribution in [-0.2, 0) is 11.3 Å². The van der Waals surface area contributed by atoms with Gasteiger partial charge in [0, 0.05) is 13.2 Å². The number of carbonyl (C=O) groups excluding carboxylic acids is 2. The lowest BCUT2D eigenvalue weighted by Gasteiger charge is -2.20. The zero-order valence-electron chi connectivity index (χ0n) is 11.5. The maximum absolute atomic E-state index is 12.5. The molecule has 106 valence electrons.